The van der Waals surface area contributed by atoms with E-state index in [1.54, 1.807) is 0 Å². The summed E-state index contributed by atoms with van der Waals surface area (Å²) in [6, 6.07) is 2.00. The highest BCUT2D eigenvalue weighted by Crippen LogP contribution is 2.30. The van der Waals surface area contributed by atoms with Crippen LogP contribution in [0.15, 0.2) is 15.7 Å². The first kappa shape index (κ1) is 22.3. The van der Waals surface area contributed by atoms with Gasteiger partial charge in [-0.3, -0.25) is 24.0 Å². The molecule has 0 spiro atoms. The molecule has 1 aliphatic rings. The molecule has 2 heterocycles. The molecule has 0 atom stereocenters. The van der Waals surface area contributed by atoms with Gasteiger partial charge in [-0.2, -0.15) is 0 Å². The Morgan fingerprint density at radius 1 is 1.17 bits per heavy atom. The quantitative estimate of drug-likeness (QED) is 0.696. The number of nitrogens with two attached hydrogens (primary N) is 1. The van der Waals surface area contributed by atoms with Gasteiger partial charge in [0.2, 0.25) is 0 Å². The minimum Gasteiger partial charge on any atom is -0.383 e. The summed E-state index contributed by atoms with van der Waals surface area (Å²) in [7, 11) is 0. The van der Waals surface area contributed by atoms with Crippen molar-refractivity contribution in [2.24, 2.45) is 0 Å². The van der Waals surface area contributed by atoms with E-state index in [1.807, 2.05) is 19.9 Å². The number of hydrogen-bond acceptors (Lipinski definition) is 5. The number of unbranched alkanes of at least 4 members (excludes halogenated alkanes) is 1. The van der Waals surface area contributed by atoms with Crippen LogP contribution >= 0.6 is 11.3 Å². The first-order valence-corrected chi connectivity index (χ1v) is 11.9. The van der Waals surface area contributed by atoms with E-state index in [1.165, 1.54) is 44.1 Å². The van der Waals surface area contributed by atoms with Crippen LogP contribution in [0, 0.1) is 0 Å². The predicted molar refractivity (Wildman–Crippen MR) is 123 cm³/mol. The average molecular weight is 433 g/mol. The van der Waals surface area contributed by atoms with E-state index in [9.17, 15) is 14.4 Å². The lowest BCUT2D eigenvalue weighted by atomic mass is 10.00. The average Bonchev–Trinajstić information content (AvgIpc) is 3.09. The van der Waals surface area contributed by atoms with Crippen LogP contribution in [0.5, 0.6) is 0 Å². The molecule has 8 heteroatoms. The van der Waals surface area contributed by atoms with Crippen molar-refractivity contribution >= 4 is 28.7 Å². The van der Waals surface area contributed by atoms with Gasteiger partial charge in [0.05, 0.1) is 4.88 Å². The molecule has 2 aromatic rings. The Balaban J connectivity index is 2.04. The SMILES string of the molecule is CCCCN(C(=O)c1cc2c(s1)CCCCCC2)c1c(N)n(CCC)c(=O)[nH]c1=O. The van der Waals surface area contributed by atoms with E-state index in [0.29, 0.717) is 24.4 Å². The molecule has 0 aliphatic heterocycles. The number of H-pyrrole nitrogens is 1. The van der Waals surface area contributed by atoms with Crippen molar-refractivity contribution in [3.05, 3.63) is 42.2 Å². The molecule has 7 nitrogen and oxygen atoms in total. The van der Waals surface area contributed by atoms with E-state index in [-0.39, 0.29) is 17.4 Å². The summed E-state index contributed by atoms with van der Waals surface area (Å²) in [6.07, 6.45) is 9.06. The Morgan fingerprint density at radius 3 is 2.60 bits per heavy atom. The number of aromatic amines is 1. The van der Waals surface area contributed by atoms with Crippen LogP contribution in [0.3, 0.4) is 0 Å². The Hall–Kier alpha value is -2.35. The highest BCUT2D eigenvalue weighted by Gasteiger charge is 2.27. The van der Waals surface area contributed by atoms with Crippen molar-refractivity contribution in [2.45, 2.75) is 78.2 Å². The Morgan fingerprint density at radius 2 is 1.90 bits per heavy atom. The summed E-state index contributed by atoms with van der Waals surface area (Å²) in [5, 5.41) is 0. The second kappa shape index (κ2) is 10.1. The molecule has 3 N–H and O–H groups in total. The third kappa shape index (κ3) is 4.69. The van der Waals surface area contributed by atoms with Gasteiger partial charge < -0.3 is 5.73 Å². The summed E-state index contributed by atoms with van der Waals surface area (Å²) in [6.45, 7) is 4.73. The predicted octanol–water partition coefficient (Wildman–Crippen LogP) is 3.70. The first-order chi connectivity index (χ1) is 14.5. The third-order valence-electron chi connectivity index (χ3n) is 5.62. The number of anilines is 2. The molecule has 1 aliphatic carbocycles. The van der Waals surface area contributed by atoms with E-state index in [4.69, 9.17) is 5.73 Å². The molecule has 0 unspecified atom stereocenters. The molecule has 0 bridgehead atoms. The van der Waals surface area contributed by atoms with Gasteiger partial charge in [-0.25, -0.2) is 4.79 Å². The fraction of sp³-hybridized carbons (Fsp3) is 0.591. The second-order valence-electron chi connectivity index (χ2n) is 7.93. The lowest BCUT2D eigenvalue weighted by Crippen LogP contribution is -2.41. The van der Waals surface area contributed by atoms with Crippen LogP contribution < -0.4 is 21.9 Å². The van der Waals surface area contributed by atoms with Gasteiger partial charge in [-0.15, -0.1) is 11.3 Å². The van der Waals surface area contributed by atoms with Crippen LogP contribution in [0.2, 0.25) is 0 Å². The smallest absolute Gasteiger partial charge is 0.330 e. The molecular formula is C22H32N4O3S. The zero-order valence-corrected chi connectivity index (χ0v) is 18.8. The van der Waals surface area contributed by atoms with E-state index < -0.39 is 11.2 Å². The molecule has 1 amide bonds. The summed E-state index contributed by atoms with van der Waals surface area (Å²) < 4.78 is 1.34. The minimum atomic E-state index is -0.607. The normalized spacial score (nSPS) is 14.1. The molecule has 0 radical (unpaired) electrons. The number of rotatable bonds is 7. The maximum Gasteiger partial charge on any atom is 0.330 e. The van der Waals surface area contributed by atoms with Crippen molar-refractivity contribution in [2.75, 3.05) is 17.2 Å². The molecule has 0 saturated heterocycles. The molecule has 2 aromatic heterocycles. The monoisotopic (exact) mass is 432 g/mol. The number of aromatic nitrogens is 2. The molecule has 30 heavy (non-hydrogen) atoms. The van der Waals surface area contributed by atoms with Crippen molar-refractivity contribution in [1.82, 2.24) is 9.55 Å². The van der Waals surface area contributed by atoms with Gasteiger partial charge in [-0.05, 0) is 50.2 Å². The van der Waals surface area contributed by atoms with Crippen LogP contribution in [0.4, 0.5) is 11.5 Å². The number of hydrogen-bond donors (Lipinski definition) is 2. The molecule has 0 fully saturated rings. The number of carbonyl (C=O) groups is 1. The largest absolute Gasteiger partial charge is 0.383 e. The number of nitrogen functional groups attached to an aromatic ring is 1. The van der Waals surface area contributed by atoms with Gasteiger partial charge in [0.15, 0.2) is 5.69 Å². The molecule has 0 saturated carbocycles. The Bertz CT molecular complexity index is 979. The van der Waals surface area contributed by atoms with E-state index in [2.05, 4.69) is 4.98 Å². The fourth-order valence-corrected chi connectivity index (χ4v) is 5.20. The van der Waals surface area contributed by atoms with E-state index >= 15 is 0 Å². The number of aryl methyl sites for hydroxylation is 2. The lowest BCUT2D eigenvalue weighted by molar-refractivity contribution is 0.0990. The summed E-state index contributed by atoms with van der Waals surface area (Å²) in [5.41, 5.74) is 6.45. The van der Waals surface area contributed by atoms with Crippen LogP contribution in [-0.2, 0) is 19.4 Å². The minimum absolute atomic E-state index is 0.0602. The second-order valence-corrected chi connectivity index (χ2v) is 9.07. The van der Waals surface area contributed by atoms with Gasteiger partial charge in [0, 0.05) is 18.0 Å². The molecule has 164 valence electrons. The van der Waals surface area contributed by atoms with Crippen molar-refractivity contribution in [1.29, 1.82) is 0 Å². The maximum atomic E-state index is 13.5. The highest BCUT2D eigenvalue weighted by molar-refractivity contribution is 7.14. The summed E-state index contributed by atoms with van der Waals surface area (Å²) in [5.74, 6) is -0.149. The highest BCUT2D eigenvalue weighted by atomic mass is 32.1. The molecule has 0 aromatic carbocycles. The lowest BCUT2D eigenvalue weighted by Gasteiger charge is -2.24. The van der Waals surface area contributed by atoms with Gasteiger partial charge in [0.25, 0.3) is 11.5 Å². The van der Waals surface area contributed by atoms with Crippen LogP contribution in [-0.4, -0.2) is 22.0 Å². The van der Waals surface area contributed by atoms with E-state index in [0.717, 1.165) is 38.5 Å². The Kier molecular flexibility index (Phi) is 7.53. The number of thiophene rings is 1. The molecular weight excluding hydrogens is 400 g/mol. The number of nitrogens with one attached hydrogen (secondary N) is 1. The standard InChI is InChI=1S/C22H32N4O3S/c1-3-5-13-25(18-19(23)26(12-4-2)22(29)24-20(18)27)21(28)17-14-15-10-8-6-7-9-11-16(15)30-17/h14H,3-13,23H2,1-2H3,(H,24,27,29). The van der Waals surface area contributed by atoms with Gasteiger partial charge >= 0.3 is 5.69 Å². The Labute approximate surface area is 180 Å². The number of nitrogens with zero attached hydrogens (tertiary/aromatic N) is 2. The summed E-state index contributed by atoms with van der Waals surface area (Å²) >= 11 is 1.54. The van der Waals surface area contributed by atoms with Crippen LogP contribution in [0.25, 0.3) is 0 Å². The zero-order valence-electron chi connectivity index (χ0n) is 18.0. The third-order valence-corrected chi connectivity index (χ3v) is 6.84. The zero-order chi connectivity index (χ0) is 21.7. The van der Waals surface area contributed by atoms with Crippen molar-refractivity contribution in [3.8, 4) is 0 Å². The summed E-state index contributed by atoms with van der Waals surface area (Å²) in [4.78, 5) is 44.2. The fourth-order valence-electron chi connectivity index (χ4n) is 4.00. The van der Waals surface area contributed by atoms with Gasteiger partial charge in [-0.1, -0.05) is 33.1 Å². The number of carbonyl (C=O) groups excluding carboxylic acids is 1. The first-order valence-electron chi connectivity index (χ1n) is 11.0. The van der Waals surface area contributed by atoms with Crippen molar-refractivity contribution in [3.63, 3.8) is 0 Å². The van der Waals surface area contributed by atoms with Gasteiger partial charge in [0.1, 0.15) is 5.82 Å². The number of fused-ring (bicyclic) bond motifs is 1. The van der Waals surface area contributed by atoms with Crippen molar-refractivity contribution < 1.29 is 4.79 Å². The van der Waals surface area contributed by atoms with Crippen LogP contribution in [0.1, 0.15) is 78.9 Å². The maximum absolute atomic E-state index is 13.5. The topological polar surface area (TPSA) is 101 Å². The molecule has 3 rings (SSSR count). The number of amides is 1.